The van der Waals surface area contributed by atoms with Crippen LogP contribution < -0.4 is 5.32 Å². The van der Waals surface area contributed by atoms with Crippen molar-refractivity contribution in [3.63, 3.8) is 0 Å². The van der Waals surface area contributed by atoms with E-state index >= 15 is 0 Å². The van der Waals surface area contributed by atoms with Crippen LogP contribution in [0.15, 0.2) is 35.5 Å². The zero-order chi connectivity index (χ0) is 19.8. The summed E-state index contributed by atoms with van der Waals surface area (Å²) in [6.45, 7) is 9.45. The third kappa shape index (κ3) is 3.50. The van der Waals surface area contributed by atoms with E-state index in [4.69, 9.17) is 0 Å². The van der Waals surface area contributed by atoms with Crippen molar-refractivity contribution in [1.29, 1.82) is 5.26 Å². The quantitative estimate of drug-likeness (QED) is 0.681. The lowest BCUT2D eigenvalue weighted by molar-refractivity contribution is -0.121. The van der Waals surface area contributed by atoms with Gasteiger partial charge in [-0.2, -0.15) is 5.26 Å². The normalized spacial score (nSPS) is 14.9. The number of benzene rings is 1. The van der Waals surface area contributed by atoms with Crippen LogP contribution in [-0.4, -0.2) is 31.3 Å². The molecule has 0 saturated heterocycles. The van der Waals surface area contributed by atoms with E-state index in [0.717, 1.165) is 22.1 Å². The zero-order valence-corrected chi connectivity index (χ0v) is 17.0. The van der Waals surface area contributed by atoms with Gasteiger partial charge >= 0.3 is 0 Å². The number of aromatic nitrogens is 3. The fraction of sp³-hybridized carbons (Fsp3) is 0.400. The molecule has 7 heteroatoms. The number of hydrogen-bond donors (Lipinski definition) is 1. The highest BCUT2D eigenvalue weighted by Gasteiger charge is 2.32. The Labute approximate surface area is 163 Å². The van der Waals surface area contributed by atoms with Gasteiger partial charge in [0.05, 0.1) is 16.8 Å². The Hall–Kier alpha value is -2.59. The van der Waals surface area contributed by atoms with Gasteiger partial charge in [-0.25, -0.2) is 0 Å². The molecule has 3 aromatic rings. The highest BCUT2D eigenvalue weighted by molar-refractivity contribution is 8.00. The fourth-order valence-corrected chi connectivity index (χ4v) is 3.69. The van der Waals surface area contributed by atoms with Crippen LogP contribution in [0.3, 0.4) is 0 Å². The lowest BCUT2D eigenvalue weighted by Crippen LogP contribution is -2.51. The van der Waals surface area contributed by atoms with Gasteiger partial charge in [0.2, 0.25) is 5.91 Å². The number of hydrogen-bond acceptors (Lipinski definition) is 5. The summed E-state index contributed by atoms with van der Waals surface area (Å²) in [5.74, 6) is -0.185. The highest BCUT2D eigenvalue weighted by atomic mass is 32.2. The Kier molecular flexibility index (Phi) is 5.11. The van der Waals surface area contributed by atoms with Crippen LogP contribution in [-0.2, 0) is 4.79 Å². The van der Waals surface area contributed by atoms with Gasteiger partial charge in [-0.05, 0) is 44.4 Å². The minimum absolute atomic E-state index is 0.00416. The Morgan fingerprint density at radius 2 is 2.00 bits per heavy atom. The maximum atomic E-state index is 12.7. The van der Waals surface area contributed by atoms with Gasteiger partial charge in [-0.1, -0.05) is 43.8 Å². The molecule has 1 aromatic carbocycles. The number of nitriles is 1. The van der Waals surface area contributed by atoms with Crippen LogP contribution in [0.5, 0.6) is 0 Å². The molecule has 2 unspecified atom stereocenters. The van der Waals surface area contributed by atoms with Gasteiger partial charge in [0, 0.05) is 5.39 Å². The number of rotatable bonds is 5. The number of nitrogens with zero attached hydrogens (tertiary/aromatic N) is 4. The van der Waals surface area contributed by atoms with E-state index in [2.05, 4.69) is 34.6 Å². The van der Waals surface area contributed by atoms with Crippen LogP contribution in [0.25, 0.3) is 16.6 Å². The summed E-state index contributed by atoms with van der Waals surface area (Å²) in [7, 11) is 0. The van der Waals surface area contributed by atoms with E-state index in [9.17, 15) is 10.1 Å². The molecular weight excluding hydrogens is 358 g/mol. The summed E-state index contributed by atoms with van der Waals surface area (Å²) in [5.41, 5.74) is 2.00. The van der Waals surface area contributed by atoms with Gasteiger partial charge in [0.25, 0.3) is 0 Å². The first-order valence-electron chi connectivity index (χ1n) is 8.90. The molecule has 0 aliphatic carbocycles. The number of carbonyl (C=O) groups is 1. The molecule has 2 atom stereocenters. The maximum Gasteiger partial charge on any atom is 0.234 e. The Bertz CT molecular complexity index is 1050. The van der Waals surface area contributed by atoms with Crippen LogP contribution >= 0.6 is 11.8 Å². The Morgan fingerprint density at radius 3 is 2.67 bits per heavy atom. The molecule has 140 valence electrons. The van der Waals surface area contributed by atoms with Crippen molar-refractivity contribution >= 4 is 34.2 Å². The number of nitrogens with one attached hydrogen (secondary N) is 1. The lowest BCUT2D eigenvalue weighted by Gasteiger charge is -2.28. The average Bonchev–Trinajstić information content (AvgIpc) is 3.04. The molecule has 1 N–H and O–H groups in total. The molecular formula is C20H23N5OS. The van der Waals surface area contributed by atoms with E-state index in [1.807, 2.05) is 49.4 Å². The number of aryl methyl sites for hydroxylation is 1. The second kappa shape index (κ2) is 7.20. The predicted octanol–water partition coefficient (Wildman–Crippen LogP) is 3.73. The van der Waals surface area contributed by atoms with Gasteiger partial charge in [-0.3, -0.25) is 9.20 Å². The summed E-state index contributed by atoms with van der Waals surface area (Å²) in [6, 6.07) is 12.3. The van der Waals surface area contributed by atoms with Gasteiger partial charge < -0.3 is 5.32 Å². The molecule has 0 saturated carbocycles. The van der Waals surface area contributed by atoms with Gasteiger partial charge in [0.15, 0.2) is 10.8 Å². The maximum absolute atomic E-state index is 12.7. The molecule has 1 amide bonds. The third-order valence-electron chi connectivity index (χ3n) is 5.00. The van der Waals surface area contributed by atoms with Crippen LogP contribution in [0.1, 0.15) is 33.3 Å². The first kappa shape index (κ1) is 19.2. The summed E-state index contributed by atoms with van der Waals surface area (Å²) < 4.78 is 1.97. The Morgan fingerprint density at radius 1 is 1.30 bits per heavy atom. The van der Waals surface area contributed by atoms with Crippen molar-refractivity contribution in [3.05, 3.63) is 35.9 Å². The van der Waals surface area contributed by atoms with Crippen LogP contribution in [0.2, 0.25) is 0 Å². The van der Waals surface area contributed by atoms with Crippen molar-refractivity contribution in [2.24, 2.45) is 5.92 Å². The van der Waals surface area contributed by atoms with Gasteiger partial charge in [-0.15, -0.1) is 10.2 Å². The molecule has 27 heavy (non-hydrogen) atoms. The monoisotopic (exact) mass is 381 g/mol. The standard InChI is InChI=1S/C20H23N5OS/c1-12(2)20(5,11-21)22-18(26)14(4)27-19-24-23-17-10-13(3)15-8-6-7-9-16(15)25(17)19/h6-10,12,14H,1-5H3,(H,22,26). The molecule has 6 nitrogen and oxygen atoms in total. The second-order valence-electron chi connectivity index (χ2n) is 7.24. The third-order valence-corrected chi connectivity index (χ3v) is 6.04. The molecule has 2 aromatic heterocycles. The summed E-state index contributed by atoms with van der Waals surface area (Å²) in [5, 5.41) is 22.2. The summed E-state index contributed by atoms with van der Waals surface area (Å²) >= 11 is 1.34. The molecule has 0 aliphatic rings. The molecule has 0 radical (unpaired) electrons. The van der Waals surface area contributed by atoms with Crippen LogP contribution in [0.4, 0.5) is 0 Å². The van der Waals surface area contributed by atoms with E-state index in [-0.39, 0.29) is 11.8 Å². The number of para-hydroxylation sites is 1. The molecule has 0 fully saturated rings. The molecule has 0 aliphatic heterocycles. The number of thioether (sulfide) groups is 1. The van der Waals surface area contributed by atoms with Gasteiger partial charge in [0.1, 0.15) is 5.54 Å². The highest BCUT2D eigenvalue weighted by Crippen LogP contribution is 2.28. The minimum Gasteiger partial charge on any atom is -0.337 e. The van der Waals surface area contributed by atoms with Crippen molar-refractivity contribution in [3.8, 4) is 6.07 Å². The van der Waals surface area contributed by atoms with Crippen molar-refractivity contribution < 1.29 is 4.79 Å². The van der Waals surface area contributed by atoms with E-state index < -0.39 is 10.8 Å². The van der Waals surface area contributed by atoms with Crippen molar-refractivity contribution in [2.75, 3.05) is 0 Å². The number of amides is 1. The molecule has 2 heterocycles. The second-order valence-corrected chi connectivity index (χ2v) is 8.55. The SMILES string of the molecule is Cc1cc2nnc(SC(C)C(=O)NC(C)(C#N)C(C)C)n2c2ccccc12. The lowest BCUT2D eigenvalue weighted by atomic mass is 9.90. The summed E-state index contributed by atoms with van der Waals surface area (Å²) in [6.07, 6.45) is 0. The number of fused-ring (bicyclic) bond motifs is 3. The minimum atomic E-state index is -0.900. The Balaban J connectivity index is 1.92. The smallest absolute Gasteiger partial charge is 0.234 e. The largest absolute Gasteiger partial charge is 0.337 e. The first-order valence-corrected chi connectivity index (χ1v) is 9.78. The molecule has 0 bridgehead atoms. The average molecular weight is 382 g/mol. The molecule has 0 spiro atoms. The number of pyridine rings is 1. The van der Waals surface area contributed by atoms with E-state index in [1.165, 1.54) is 11.8 Å². The topological polar surface area (TPSA) is 83.1 Å². The zero-order valence-electron chi connectivity index (χ0n) is 16.1. The van der Waals surface area contributed by atoms with Crippen molar-refractivity contribution in [1.82, 2.24) is 19.9 Å². The van der Waals surface area contributed by atoms with Crippen molar-refractivity contribution in [2.45, 2.75) is 50.6 Å². The fourth-order valence-electron chi connectivity index (χ4n) is 2.82. The summed E-state index contributed by atoms with van der Waals surface area (Å²) in [4.78, 5) is 12.7. The van der Waals surface area contributed by atoms with E-state index in [0.29, 0.717) is 5.16 Å². The van der Waals surface area contributed by atoms with E-state index in [1.54, 1.807) is 6.92 Å². The first-order chi connectivity index (χ1) is 12.8. The van der Waals surface area contributed by atoms with Crippen LogP contribution in [0, 0.1) is 24.2 Å². The predicted molar refractivity (Wildman–Crippen MR) is 108 cm³/mol. The molecule has 3 rings (SSSR count). The number of carbonyl (C=O) groups excluding carboxylic acids is 1.